The Hall–Kier alpha value is -4.47. The zero-order valence-electron chi connectivity index (χ0n) is 13.7. The molecule has 16 heteroatoms. The van der Waals surface area contributed by atoms with E-state index in [1.807, 2.05) is 0 Å². The van der Waals surface area contributed by atoms with E-state index in [2.05, 4.69) is 20.1 Å². The lowest BCUT2D eigenvalue weighted by molar-refractivity contribution is -0.782. The molecule has 0 unspecified atom stereocenters. The highest BCUT2D eigenvalue weighted by molar-refractivity contribution is 7.22. The molecule has 4 aromatic rings. The number of aromatic nitrogens is 3. The lowest BCUT2D eigenvalue weighted by Gasteiger charge is -2.03. The Morgan fingerprint density at radius 3 is 2.41 bits per heavy atom. The van der Waals surface area contributed by atoms with E-state index in [4.69, 9.17) is 0 Å². The summed E-state index contributed by atoms with van der Waals surface area (Å²) in [6.45, 7) is 0. The van der Waals surface area contributed by atoms with Crippen molar-refractivity contribution in [3.8, 4) is 0 Å². The molecule has 146 valence electrons. The number of hydrogen-bond donors (Lipinski definition) is 1. The molecule has 2 aromatic carbocycles. The first kappa shape index (κ1) is 17.9. The van der Waals surface area contributed by atoms with Crippen LogP contribution in [-0.2, 0) is 0 Å². The maximum atomic E-state index is 11.9. The zero-order chi connectivity index (χ0) is 20.9. The molecule has 15 nitrogen and oxygen atoms in total. The Morgan fingerprint density at radius 1 is 1.03 bits per heavy atom. The van der Waals surface area contributed by atoms with Gasteiger partial charge < -0.3 is 10.5 Å². The van der Waals surface area contributed by atoms with Crippen molar-refractivity contribution < 1.29 is 24.3 Å². The van der Waals surface area contributed by atoms with Crippen LogP contribution >= 0.6 is 11.3 Å². The predicted molar refractivity (Wildman–Crippen MR) is 95.8 cm³/mol. The maximum Gasteiger partial charge on any atom is 0.334 e. The van der Waals surface area contributed by atoms with Crippen LogP contribution < -0.4 is 10.2 Å². The summed E-state index contributed by atoms with van der Waals surface area (Å²) >= 11 is 0.997. The highest BCUT2D eigenvalue weighted by Crippen LogP contribution is 2.40. The molecule has 0 aliphatic heterocycles. The average molecular weight is 419 g/mol. The monoisotopic (exact) mass is 419 g/mol. The van der Waals surface area contributed by atoms with Crippen LogP contribution in [0.15, 0.2) is 28.9 Å². The highest BCUT2D eigenvalue weighted by atomic mass is 32.1. The van der Waals surface area contributed by atoms with Crippen LogP contribution in [0.1, 0.15) is 0 Å². The zero-order valence-corrected chi connectivity index (χ0v) is 14.5. The second-order valence-corrected chi connectivity index (χ2v) is 6.52. The van der Waals surface area contributed by atoms with Gasteiger partial charge in [-0.1, -0.05) is 11.3 Å². The van der Waals surface area contributed by atoms with E-state index >= 15 is 0 Å². The Kier molecular flexibility index (Phi) is 3.89. The second kappa shape index (κ2) is 6.30. The van der Waals surface area contributed by atoms with Crippen LogP contribution in [0.25, 0.3) is 21.3 Å². The van der Waals surface area contributed by atoms with Gasteiger partial charge in [0.2, 0.25) is 0 Å². The van der Waals surface area contributed by atoms with Crippen LogP contribution in [-0.4, -0.2) is 24.9 Å². The van der Waals surface area contributed by atoms with Gasteiger partial charge in [0.05, 0.1) is 30.1 Å². The van der Waals surface area contributed by atoms with Crippen molar-refractivity contribution in [1.29, 1.82) is 0 Å². The fourth-order valence-electron chi connectivity index (χ4n) is 2.61. The molecule has 0 fully saturated rings. The quantitative estimate of drug-likeness (QED) is 0.282. The van der Waals surface area contributed by atoms with Gasteiger partial charge >= 0.3 is 16.9 Å². The van der Waals surface area contributed by atoms with Gasteiger partial charge in [-0.05, 0) is 11.0 Å². The summed E-state index contributed by atoms with van der Waals surface area (Å²) in [4.78, 5) is 35.0. The molecule has 0 aliphatic carbocycles. The molecule has 0 amide bonds. The molecule has 0 aliphatic rings. The normalized spacial score (nSPS) is 11.0. The molecule has 0 radical (unpaired) electrons. The Bertz CT molecular complexity index is 1350. The van der Waals surface area contributed by atoms with Gasteiger partial charge in [0.25, 0.3) is 11.2 Å². The molecule has 0 atom stereocenters. The van der Waals surface area contributed by atoms with Crippen molar-refractivity contribution in [2.75, 3.05) is 5.32 Å². The van der Waals surface area contributed by atoms with E-state index < -0.39 is 42.9 Å². The van der Waals surface area contributed by atoms with Gasteiger partial charge in [0.15, 0.2) is 10.8 Å². The fourth-order valence-corrected chi connectivity index (χ4v) is 3.46. The second-order valence-electron chi connectivity index (χ2n) is 5.48. The van der Waals surface area contributed by atoms with Crippen LogP contribution in [0.5, 0.6) is 0 Å². The summed E-state index contributed by atoms with van der Waals surface area (Å²) in [7, 11) is 0. The Balaban J connectivity index is 1.91. The van der Waals surface area contributed by atoms with E-state index in [9.17, 15) is 35.6 Å². The molecule has 4 rings (SSSR count). The van der Waals surface area contributed by atoms with Gasteiger partial charge in [-0.2, -0.15) is 0 Å². The number of hydrogen-bond acceptors (Lipinski definition) is 12. The van der Waals surface area contributed by atoms with Crippen LogP contribution in [0.2, 0.25) is 0 Å². The largest absolute Gasteiger partial charge is 0.359 e. The lowest BCUT2D eigenvalue weighted by Crippen LogP contribution is -2.24. The van der Waals surface area contributed by atoms with Crippen LogP contribution in [0.3, 0.4) is 0 Å². The molecular weight excluding hydrogens is 414 g/mol. The van der Waals surface area contributed by atoms with Crippen molar-refractivity contribution in [3.05, 3.63) is 59.8 Å². The topological polar surface area (TPSA) is 207 Å². The minimum absolute atomic E-state index is 0.0555. The third-order valence-electron chi connectivity index (χ3n) is 3.83. The molecule has 2 aromatic heterocycles. The summed E-state index contributed by atoms with van der Waals surface area (Å²) in [6, 6.07) is 4.57. The number of rotatable bonds is 5. The summed E-state index contributed by atoms with van der Waals surface area (Å²) < 4.78 is 4.90. The van der Waals surface area contributed by atoms with Crippen molar-refractivity contribution in [2.24, 2.45) is 0 Å². The molecular formula is C13H5N7O8S. The molecule has 29 heavy (non-hydrogen) atoms. The molecule has 0 spiro atoms. The Morgan fingerprint density at radius 2 is 1.76 bits per heavy atom. The van der Waals surface area contributed by atoms with E-state index in [0.29, 0.717) is 10.8 Å². The van der Waals surface area contributed by atoms with Gasteiger partial charge in [0, 0.05) is 12.1 Å². The standard InChI is InChI=1S/C13H5N7O8S/c21-17(22)5-1-2-9-6(3-5)14-13(29-9)15-10-7(18(23)24)4-8(19(25)26)11-12(10)20(27)28-16-11/h1-4H,(H,14,15). The van der Waals surface area contributed by atoms with E-state index in [-0.39, 0.29) is 21.2 Å². The van der Waals surface area contributed by atoms with E-state index in [1.54, 1.807) is 0 Å². The first-order valence-corrected chi connectivity index (χ1v) is 8.25. The lowest BCUT2D eigenvalue weighted by atomic mass is 10.2. The minimum Gasteiger partial charge on any atom is -0.359 e. The van der Waals surface area contributed by atoms with Crippen molar-refractivity contribution in [1.82, 2.24) is 10.1 Å². The average Bonchev–Trinajstić information content (AvgIpc) is 3.23. The summed E-state index contributed by atoms with van der Waals surface area (Å²) in [5.41, 5.74) is -2.98. The van der Waals surface area contributed by atoms with Crippen molar-refractivity contribution in [2.45, 2.75) is 0 Å². The number of thiazole rings is 1. The Labute approximate surface area is 160 Å². The maximum absolute atomic E-state index is 11.9. The first-order valence-electron chi connectivity index (χ1n) is 7.43. The molecule has 1 N–H and O–H groups in total. The number of nitrogens with zero attached hydrogens (tertiary/aromatic N) is 6. The molecule has 0 saturated heterocycles. The van der Waals surface area contributed by atoms with E-state index in [1.165, 1.54) is 18.2 Å². The molecule has 0 bridgehead atoms. The minimum atomic E-state index is -0.932. The first-order chi connectivity index (χ1) is 13.8. The number of fused-ring (bicyclic) bond motifs is 2. The number of anilines is 2. The summed E-state index contributed by atoms with van der Waals surface area (Å²) in [5, 5.41) is 51.4. The third-order valence-corrected chi connectivity index (χ3v) is 4.78. The third kappa shape index (κ3) is 2.88. The summed E-state index contributed by atoms with van der Waals surface area (Å²) in [5.74, 6) is 0. The van der Waals surface area contributed by atoms with Crippen molar-refractivity contribution in [3.63, 3.8) is 0 Å². The van der Waals surface area contributed by atoms with Gasteiger partial charge in [0.1, 0.15) is 6.07 Å². The van der Waals surface area contributed by atoms with Gasteiger partial charge in [-0.25, -0.2) is 4.98 Å². The molecule has 2 heterocycles. The number of benzene rings is 2. The number of nitrogens with one attached hydrogen (secondary N) is 1. The molecule has 0 saturated carbocycles. The van der Waals surface area contributed by atoms with Crippen LogP contribution in [0, 0.1) is 35.6 Å². The van der Waals surface area contributed by atoms with Gasteiger partial charge in [-0.15, -0.1) is 0 Å². The predicted octanol–water partition coefficient (Wildman–Crippen LogP) is 2.54. The number of non-ortho nitro benzene ring substituents is 2. The highest BCUT2D eigenvalue weighted by Gasteiger charge is 2.34. The smallest absolute Gasteiger partial charge is 0.334 e. The number of nitro groups is 3. The van der Waals surface area contributed by atoms with E-state index in [0.717, 1.165) is 11.3 Å². The number of nitro benzene ring substituents is 3. The fraction of sp³-hybridized carbons (Fsp3) is 0. The SMILES string of the molecule is O=[N+]([O-])c1ccc2sc(Nc3c([N+](=O)[O-])cc([N+](=O)[O-])c4no[n+]([O-])c34)nc2c1. The van der Waals surface area contributed by atoms with Crippen LogP contribution in [0.4, 0.5) is 27.9 Å². The van der Waals surface area contributed by atoms with Crippen molar-refractivity contribution >= 4 is 60.5 Å². The summed E-state index contributed by atoms with van der Waals surface area (Å²) in [6.07, 6.45) is 0. The van der Waals surface area contributed by atoms with Gasteiger partial charge in [-0.3, -0.25) is 35.0 Å².